The Balaban J connectivity index is 1.70. The molecule has 0 saturated carbocycles. The van der Waals surface area contributed by atoms with Gasteiger partial charge in [-0.15, -0.1) is 0 Å². The highest BCUT2D eigenvalue weighted by molar-refractivity contribution is 5.86. The van der Waals surface area contributed by atoms with Gasteiger partial charge in [-0.2, -0.15) is 0 Å². The maximum absolute atomic E-state index is 12.9. The van der Waals surface area contributed by atoms with Crippen molar-refractivity contribution in [1.29, 1.82) is 0 Å². The number of aromatic nitrogens is 1. The van der Waals surface area contributed by atoms with E-state index >= 15 is 0 Å². The number of amides is 2. The van der Waals surface area contributed by atoms with Crippen molar-refractivity contribution in [2.45, 2.75) is 71.1 Å². The summed E-state index contributed by atoms with van der Waals surface area (Å²) in [5.74, 6) is -0.0924. The van der Waals surface area contributed by atoms with Crippen LogP contribution >= 0.6 is 0 Å². The molecule has 1 N–H and O–H groups in total. The van der Waals surface area contributed by atoms with Crippen LogP contribution in [0.3, 0.4) is 0 Å². The second-order valence-electron chi connectivity index (χ2n) is 9.23. The number of carbonyl (C=O) groups excluding carboxylic acids is 2. The molecule has 29 heavy (non-hydrogen) atoms. The molecule has 0 aliphatic carbocycles. The number of hydrogen-bond donors (Lipinski definition) is 1. The van der Waals surface area contributed by atoms with Crippen LogP contribution in [0.4, 0.5) is 4.79 Å². The van der Waals surface area contributed by atoms with Crippen LogP contribution in [0.15, 0.2) is 36.5 Å². The number of hydrogen-bond acceptors (Lipinski definition) is 4. The normalized spacial score (nSPS) is 17.4. The van der Waals surface area contributed by atoms with Crippen molar-refractivity contribution in [3.63, 3.8) is 0 Å². The molecule has 1 aliphatic heterocycles. The third-order valence-corrected chi connectivity index (χ3v) is 5.14. The maximum atomic E-state index is 12.9. The Bertz CT molecular complexity index is 896. The van der Waals surface area contributed by atoms with E-state index in [1.165, 1.54) is 0 Å². The Morgan fingerprint density at radius 1 is 1.17 bits per heavy atom. The minimum absolute atomic E-state index is 0.0924. The number of ether oxygens (including phenoxy) is 1. The van der Waals surface area contributed by atoms with Gasteiger partial charge in [0.25, 0.3) is 0 Å². The first-order valence-electron chi connectivity index (χ1n) is 10.2. The highest BCUT2D eigenvalue weighted by atomic mass is 16.6. The van der Waals surface area contributed by atoms with Gasteiger partial charge in [0.15, 0.2) is 0 Å². The van der Waals surface area contributed by atoms with E-state index in [0.717, 1.165) is 29.3 Å². The van der Waals surface area contributed by atoms with Gasteiger partial charge in [-0.1, -0.05) is 24.3 Å². The fourth-order valence-electron chi connectivity index (χ4n) is 3.90. The van der Waals surface area contributed by atoms with Crippen LogP contribution in [0.2, 0.25) is 0 Å². The van der Waals surface area contributed by atoms with Crippen LogP contribution in [0.1, 0.15) is 59.6 Å². The molecule has 1 aromatic carbocycles. The first-order valence-corrected chi connectivity index (χ1v) is 10.2. The summed E-state index contributed by atoms with van der Waals surface area (Å²) >= 11 is 0. The summed E-state index contributed by atoms with van der Waals surface area (Å²) in [6.45, 7) is 10.1. The molecule has 1 aliphatic rings. The Morgan fingerprint density at radius 2 is 1.90 bits per heavy atom. The predicted octanol–water partition coefficient (Wildman–Crippen LogP) is 4.38. The lowest BCUT2D eigenvalue weighted by Crippen LogP contribution is -2.46. The summed E-state index contributed by atoms with van der Waals surface area (Å²) in [6, 6.07) is 9.85. The van der Waals surface area contributed by atoms with E-state index in [1.807, 2.05) is 65.0 Å². The van der Waals surface area contributed by atoms with Gasteiger partial charge in [0.05, 0.1) is 11.2 Å². The molecule has 0 radical (unpaired) electrons. The van der Waals surface area contributed by atoms with Crippen molar-refractivity contribution in [3.8, 4) is 0 Å². The molecule has 3 rings (SSSR count). The van der Waals surface area contributed by atoms with E-state index in [1.54, 1.807) is 11.1 Å². The van der Waals surface area contributed by atoms with Gasteiger partial charge in [-0.25, -0.2) is 4.79 Å². The number of pyridine rings is 1. The Labute approximate surface area is 172 Å². The van der Waals surface area contributed by atoms with Gasteiger partial charge in [0.2, 0.25) is 5.91 Å². The summed E-state index contributed by atoms with van der Waals surface area (Å²) in [5, 5.41) is 5.23. The van der Waals surface area contributed by atoms with E-state index in [9.17, 15) is 9.59 Å². The number of fused-ring (bicyclic) bond motifs is 1. The van der Waals surface area contributed by atoms with Gasteiger partial charge >= 0.3 is 6.09 Å². The third kappa shape index (κ3) is 5.05. The Morgan fingerprint density at radius 3 is 2.62 bits per heavy atom. The molecule has 1 fully saturated rings. The predicted molar refractivity (Wildman–Crippen MR) is 113 cm³/mol. The zero-order chi connectivity index (χ0) is 21.2. The fraction of sp³-hybridized carbons (Fsp3) is 0.522. The van der Waals surface area contributed by atoms with Gasteiger partial charge in [0.1, 0.15) is 5.60 Å². The lowest BCUT2D eigenvalue weighted by molar-refractivity contribution is -0.123. The molecule has 1 atom stereocenters. The molecule has 2 amide bonds. The summed E-state index contributed by atoms with van der Waals surface area (Å²) in [4.78, 5) is 31.6. The molecule has 0 unspecified atom stereocenters. The fourth-order valence-corrected chi connectivity index (χ4v) is 3.90. The molecular weight excluding hydrogens is 366 g/mol. The van der Waals surface area contributed by atoms with Crippen molar-refractivity contribution in [1.82, 2.24) is 15.2 Å². The average Bonchev–Trinajstić information content (AvgIpc) is 3.07. The largest absolute Gasteiger partial charge is 0.444 e. The minimum atomic E-state index is -0.632. The van der Waals surface area contributed by atoms with E-state index < -0.39 is 11.1 Å². The number of nitrogens with one attached hydrogen (secondary N) is 1. The zero-order valence-corrected chi connectivity index (χ0v) is 18.0. The van der Waals surface area contributed by atoms with Crippen LogP contribution < -0.4 is 5.32 Å². The Kier molecular flexibility index (Phi) is 5.82. The number of benzene rings is 1. The van der Waals surface area contributed by atoms with Crippen LogP contribution in [-0.4, -0.2) is 40.1 Å². The van der Waals surface area contributed by atoms with Gasteiger partial charge in [-0.3, -0.25) is 9.78 Å². The topological polar surface area (TPSA) is 71.5 Å². The standard InChI is InChI=1S/C23H31N3O3/c1-22(2,3)29-21(28)26-14-8-10-17(26)15-19(27)25-23(4,5)20-18-11-7-6-9-16(18)12-13-24-20/h6-7,9,11-13,17H,8,10,14-15H2,1-5H3,(H,25,27)/t17-/m1/s1. The second-order valence-corrected chi connectivity index (χ2v) is 9.23. The van der Waals surface area contributed by atoms with Crippen molar-refractivity contribution in [3.05, 3.63) is 42.2 Å². The van der Waals surface area contributed by atoms with E-state index in [-0.39, 0.29) is 24.5 Å². The summed E-state index contributed by atoms with van der Waals surface area (Å²) in [7, 11) is 0. The number of rotatable bonds is 4. The molecule has 1 saturated heterocycles. The van der Waals surface area contributed by atoms with Gasteiger partial charge in [-0.05, 0) is 58.9 Å². The SMILES string of the molecule is CC(C)(C)OC(=O)N1CCC[C@@H]1CC(=O)NC(C)(C)c1nccc2ccccc12. The molecular formula is C23H31N3O3. The van der Waals surface area contributed by atoms with Gasteiger partial charge in [0, 0.05) is 30.6 Å². The number of nitrogens with zero attached hydrogens (tertiary/aromatic N) is 2. The molecule has 1 aromatic heterocycles. The van der Waals surface area contributed by atoms with E-state index in [2.05, 4.69) is 10.3 Å². The average molecular weight is 398 g/mol. The molecule has 6 nitrogen and oxygen atoms in total. The summed E-state index contributed by atoms with van der Waals surface area (Å²) in [5.41, 5.74) is -0.346. The first kappa shape index (κ1) is 21.1. The molecule has 2 aromatic rings. The van der Waals surface area contributed by atoms with Crippen molar-refractivity contribution < 1.29 is 14.3 Å². The smallest absolute Gasteiger partial charge is 0.410 e. The monoisotopic (exact) mass is 397 g/mol. The summed E-state index contributed by atoms with van der Waals surface area (Å²) < 4.78 is 5.50. The van der Waals surface area contributed by atoms with E-state index in [0.29, 0.717) is 6.54 Å². The molecule has 6 heteroatoms. The lowest BCUT2D eigenvalue weighted by Gasteiger charge is -2.30. The first-order chi connectivity index (χ1) is 13.6. The van der Waals surface area contributed by atoms with Crippen molar-refractivity contribution in [2.75, 3.05) is 6.54 Å². The highest BCUT2D eigenvalue weighted by Crippen LogP contribution is 2.28. The molecule has 156 valence electrons. The third-order valence-electron chi connectivity index (χ3n) is 5.14. The van der Waals surface area contributed by atoms with Gasteiger partial charge < -0.3 is 15.0 Å². The maximum Gasteiger partial charge on any atom is 0.410 e. The molecule has 0 bridgehead atoms. The lowest BCUT2D eigenvalue weighted by atomic mass is 9.94. The van der Waals surface area contributed by atoms with Crippen LogP contribution in [0.5, 0.6) is 0 Å². The summed E-state index contributed by atoms with van der Waals surface area (Å²) in [6.07, 6.45) is 3.37. The second kappa shape index (κ2) is 8.01. The number of carbonyl (C=O) groups is 2. The van der Waals surface area contributed by atoms with Crippen molar-refractivity contribution in [2.24, 2.45) is 0 Å². The van der Waals surface area contributed by atoms with Crippen LogP contribution in [0.25, 0.3) is 10.8 Å². The molecule has 2 heterocycles. The van der Waals surface area contributed by atoms with Crippen molar-refractivity contribution >= 4 is 22.8 Å². The number of likely N-dealkylation sites (tertiary alicyclic amines) is 1. The highest BCUT2D eigenvalue weighted by Gasteiger charge is 2.35. The van der Waals surface area contributed by atoms with E-state index in [4.69, 9.17) is 4.74 Å². The zero-order valence-electron chi connectivity index (χ0n) is 18.0. The Hall–Kier alpha value is -2.63. The molecule has 0 spiro atoms. The minimum Gasteiger partial charge on any atom is -0.444 e. The quantitative estimate of drug-likeness (QED) is 0.831. The van der Waals surface area contributed by atoms with Crippen LogP contribution in [-0.2, 0) is 15.1 Å². The van der Waals surface area contributed by atoms with Crippen LogP contribution in [0, 0.1) is 0 Å².